The van der Waals surface area contributed by atoms with Gasteiger partial charge in [0.2, 0.25) is 5.91 Å². The van der Waals surface area contributed by atoms with Gasteiger partial charge in [-0.2, -0.15) is 0 Å². The molecule has 1 aromatic rings. The van der Waals surface area contributed by atoms with Crippen LogP contribution in [0.4, 0.5) is 5.82 Å². The maximum Gasteiger partial charge on any atom is 0.241 e. The first-order valence-electron chi connectivity index (χ1n) is 6.31. The summed E-state index contributed by atoms with van der Waals surface area (Å²) in [5.74, 6) is 1.46. The molecular weight excluding hydrogens is 264 g/mol. The van der Waals surface area contributed by atoms with Gasteiger partial charge in [0.25, 0.3) is 0 Å². The molecule has 1 rings (SSSR count). The Morgan fingerprint density at radius 3 is 2.42 bits per heavy atom. The molecule has 0 saturated carbocycles. The lowest BCUT2D eigenvalue weighted by atomic mass is 10.2. The zero-order valence-electron chi connectivity index (χ0n) is 12.2. The summed E-state index contributed by atoms with van der Waals surface area (Å²) < 4.78 is 0. The summed E-state index contributed by atoms with van der Waals surface area (Å²) in [5.41, 5.74) is 0.801. The number of nitrogens with zero attached hydrogens (tertiary/aromatic N) is 4. The molecule has 0 aliphatic carbocycles. The van der Waals surface area contributed by atoms with Gasteiger partial charge in [0.05, 0.1) is 6.54 Å². The van der Waals surface area contributed by atoms with Crippen molar-refractivity contribution in [3.63, 3.8) is 0 Å². The summed E-state index contributed by atoms with van der Waals surface area (Å²) in [6, 6.07) is 0. The van der Waals surface area contributed by atoms with Crippen molar-refractivity contribution < 1.29 is 4.79 Å². The largest absolute Gasteiger partial charge is 0.350 e. The van der Waals surface area contributed by atoms with Gasteiger partial charge in [-0.05, 0) is 13.3 Å². The summed E-state index contributed by atoms with van der Waals surface area (Å²) >= 11 is 6.12. The van der Waals surface area contributed by atoms with E-state index < -0.39 is 0 Å². The van der Waals surface area contributed by atoms with E-state index in [9.17, 15) is 4.79 Å². The molecule has 0 atom stereocenters. The molecule has 0 aliphatic rings. The molecule has 0 unspecified atom stereocenters. The van der Waals surface area contributed by atoms with Crippen molar-refractivity contribution in [2.24, 2.45) is 0 Å². The minimum absolute atomic E-state index is 0.0219. The summed E-state index contributed by atoms with van der Waals surface area (Å²) in [6.07, 6.45) is 1.74. The molecule has 1 amide bonds. The summed E-state index contributed by atoms with van der Waals surface area (Å²) in [5, 5.41) is 0.456. The number of anilines is 1. The first-order chi connectivity index (χ1) is 8.86. The van der Waals surface area contributed by atoms with E-state index in [1.807, 2.05) is 18.9 Å². The number of aryl methyl sites for hydroxylation is 1. The van der Waals surface area contributed by atoms with Crippen LogP contribution in [0.5, 0.6) is 0 Å². The van der Waals surface area contributed by atoms with Gasteiger partial charge in [-0.1, -0.05) is 18.5 Å². The minimum atomic E-state index is 0.0219. The van der Waals surface area contributed by atoms with Crippen molar-refractivity contribution in [1.82, 2.24) is 14.9 Å². The fourth-order valence-electron chi connectivity index (χ4n) is 1.65. The molecule has 0 saturated heterocycles. The van der Waals surface area contributed by atoms with E-state index in [1.165, 1.54) is 0 Å². The second-order valence-electron chi connectivity index (χ2n) is 4.77. The van der Waals surface area contributed by atoms with Gasteiger partial charge in [-0.15, -0.1) is 0 Å². The zero-order valence-corrected chi connectivity index (χ0v) is 13.0. The molecule has 0 radical (unpaired) electrons. The number of hydrogen-bond donors (Lipinski definition) is 0. The number of aromatic nitrogens is 2. The SMILES string of the molecule is CCCc1nc(Cl)c(C)c(N(C)CC(=O)N(C)C)n1. The molecule has 1 aromatic heterocycles. The van der Waals surface area contributed by atoms with Crippen LogP contribution in [-0.4, -0.2) is 48.5 Å². The van der Waals surface area contributed by atoms with Crippen LogP contribution in [0.15, 0.2) is 0 Å². The normalized spacial score (nSPS) is 10.4. The van der Waals surface area contributed by atoms with E-state index in [0.717, 1.165) is 30.0 Å². The van der Waals surface area contributed by atoms with Gasteiger partial charge in [0, 0.05) is 33.1 Å². The standard InChI is InChI=1S/C13H21ClN4O/c1-6-7-10-15-12(14)9(2)13(16-10)18(5)8-11(19)17(3)4/h6-8H2,1-5H3. The highest BCUT2D eigenvalue weighted by Gasteiger charge is 2.16. The number of halogens is 1. The quantitative estimate of drug-likeness (QED) is 0.775. The summed E-state index contributed by atoms with van der Waals surface area (Å²) in [7, 11) is 5.31. The third-order valence-electron chi connectivity index (χ3n) is 2.81. The first-order valence-corrected chi connectivity index (χ1v) is 6.68. The van der Waals surface area contributed by atoms with E-state index in [0.29, 0.717) is 5.15 Å². The molecule has 5 nitrogen and oxygen atoms in total. The zero-order chi connectivity index (χ0) is 14.6. The number of carbonyl (C=O) groups is 1. The van der Waals surface area contributed by atoms with Crippen LogP contribution in [0.2, 0.25) is 5.15 Å². The van der Waals surface area contributed by atoms with Crippen molar-refractivity contribution >= 4 is 23.3 Å². The minimum Gasteiger partial charge on any atom is -0.350 e. The lowest BCUT2D eigenvalue weighted by Crippen LogP contribution is -2.35. The Bertz CT molecular complexity index is 462. The molecule has 6 heteroatoms. The fourth-order valence-corrected chi connectivity index (χ4v) is 1.83. The fraction of sp³-hybridized carbons (Fsp3) is 0.615. The maximum atomic E-state index is 11.7. The van der Waals surface area contributed by atoms with Crippen molar-refractivity contribution in [2.75, 3.05) is 32.6 Å². The Labute approximate surface area is 119 Å². The van der Waals surface area contributed by atoms with E-state index in [1.54, 1.807) is 19.0 Å². The molecule has 0 aromatic carbocycles. The molecular formula is C13H21ClN4O. The average Bonchev–Trinajstić information content (AvgIpc) is 2.33. The molecule has 106 valence electrons. The van der Waals surface area contributed by atoms with E-state index in [-0.39, 0.29) is 12.5 Å². The highest BCUT2D eigenvalue weighted by Crippen LogP contribution is 2.23. The monoisotopic (exact) mass is 284 g/mol. The summed E-state index contributed by atoms with van der Waals surface area (Å²) in [4.78, 5) is 23.9. The second-order valence-corrected chi connectivity index (χ2v) is 5.13. The number of likely N-dealkylation sites (N-methyl/N-ethyl adjacent to an activating group) is 2. The van der Waals surface area contributed by atoms with Crippen LogP contribution in [0.1, 0.15) is 24.7 Å². The second kappa shape index (κ2) is 6.70. The van der Waals surface area contributed by atoms with Gasteiger partial charge >= 0.3 is 0 Å². The predicted molar refractivity (Wildman–Crippen MR) is 77.7 cm³/mol. The predicted octanol–water partition coefficient (Wildman–Crippen LogP) is 1.92. The highest BCUT2D eigenvalue weighted by atomic mass is 35.5. The third-order valence-corrected chi connectivity index (χ3v) is 3.18. The molecule has 0 fully saturated rings. The Kier molecular flexibility index (Phi) is 5.54. The van der Waals surface area contributed by atoms with Gasteiger partial charge in [0.1, 0.15) is 16.8 Å². The molecule has 0 N–H and O–H groups in total. The van der Waals surface area contributed by atoms with Crippen LogP contribution in [0.25, 0.3) is 0 Å². The molecule has 0 aliphatic heterocycles. The average molecular weight is 285 g/mol. The summed E-state index contributed by atoms with van der Waals surface area (Å²) in [6.45, 7) is 4.20. The van der Waals surface area contributed by atoms with Crippen LogP contribution in [-0.2, 0) is 11.2 Å². The number of rotatable bonds is 5. The van der Waals surface area contributed by atoms with Crippen molar-refractivity contribution in [3.8, 4) is 0 Å². The Balaban J connectivity index is 3.01. The molecule has 19 heavy (non-hydrogen) atoms. The number of carbonyl (C=O) groups excluding carboxylic acids is 1. The Morgan fingerprint density at radius 1 is 1.26 bits per heavy atom. The van der Waals surface area contributed by atoms with Crippen molar-refractivity contribution in [1.29, 1.82) is 0 Å². The van der Waals surface area contributed by atoms with Gasteiger partial charge in [0.15, 0.2) is 0 Å². The van der Waals surface area contributed by atoms with E-state index >= 15 is 0 Å². The topological polar surface area (TPSA) is 49.3 Å². The van der Waals surface area contributed by atoms with Gasteiger partial charge in [-0.25, -0.2) is 9.97 Å². The highest BCUT2D eigenvalue weighted by molar-refractivity contribution is 6.30. The van der Waals surface area contributed by atoms with E-state index in [4.69, 9.17) is 11.6 Å². The number of amides is 1. The van der Waals surface area contributed by atoms with Crippen LogP contribution in [0, 0.1) is 6.92 Å². The Hall–Kier alpha value is -1.36. The molecule has 1 heterocycles. The van der Waals surface area contributed by atoms with Crippen LogP contribution >= 0.6 is 11.6 Å². The van der Waals surface area contributed by atoms with Crippen molar-refractivity contribution in [2.45, 2.75) is 26.7 Å². The van der Waals surface area contributed by atoms with Gasteiger partial charge in [-0.3, -0.25) is 4.79 Å². The number of hydrogen-bond acceptors (Lipinski definition) is 4. The van der Waals surface area contributed by atoms with Gasteiger partial charge < -0.3 is 9.80 Å². The lowest BCUT2D eigenvalue weighted by Gasteiger charge is -2.22. The molecule has 0 spiro atoms. The van der Waals surface area contributed by atoms with Crippen LogP contribution in [0.3, 0.4) is 0 Å². The Morgan fingerprint density at radius 2 is 1.89 bits per heavy atom. The van der Waals surface area contributed by atoms with Crippen LogP contribution < -0.4 is 4.90 Å². The third kappa shape index (κ3) is 4.06. The smallest absolute Gasteiger partial charge is 0.241 e. The lowest BCUT2D eigenvalue weighted by molar-refractivity contribution is -0.127. The van der Waals surface area contributed by atoms with E-state index in [2.05, 4.69) is 16.9 Å². The maximum absolute atomic E-state index is 11.7. The first kappa shape index (κ1) is 15.7. The molecule has 0 bridgehead atoms. The van der Waals surface area contributed by atoms with Crippen molar-refractivity contribution in [3.05, 3.63) is 16.5 Å².